The maximum atomic E-state index is 12.7. The van der Waals surface area contributed by atoms with Crippen molar-refractivity contribution in [3.63, 3.8) is 0 Å². The normalized spacial score (nSPS) is 12.9. The zero-order valence-corrected chi connectivity index (χ0v) is 26.1. The summed E-state index contributed by atoms with van der Waals surface area (Å²) >= 11 is 0. The minimum Gasteiger partial charge on any atom is -0.415 e. The molecule has 0 spiro atoms. The van der Waals surface area contributed by atoms with Gasteiger partial charge in [0.15, 0.2) is 8.32 Å². The number of nitrogens with zero attached hydrogens (tertiary/aromatic N) is 3. The third-order valence-corrected chi connectivity index (χ3v) is 12.7. The number of nitrogens with one attached hydrogen (secondary N) is 1. The van der Waals surface area contributed by atoms with Crippen LogP contribution in [0, 0.1) is 6.92 Å². The van der Waals surface area contributed by atoms with E-state index in [1.54, 1.807) is 12.5 Å². The van der Waals surface area contributed by atoms with Gasteiger partial charge in [-0.05, 0) is 67.0 Å². The smallest absolute Gasteiger partial charge is 0.268 e. The van der Waals surface area contributed by atoms with Gasteiger partial charge in [-0.2, -0.15) is 0 Å². The molecule has 1 unspecified atom stereocenters. The van der Waals surface area contributed by atoms with Crippen LogP contribution in [0.1, 0.15) is 61.3 Å². The Morgan fingerprint density at radius 2 is 1.83 bits per heavy atom. The zero-order chi connectivity index (χ0) is 29.8. The predicted octanol–water partition coefficient (Wildman–Crippen LogP) is 6.47. The molecule has 4 aromatic rings. The average molecular weight is 574 g/mol. The summed E-state index contributed by atoms with van der Waals surface area (Å²) in [6.07, 6.45) is 7.34. The van der Waals surface area contributed by atoms with Crippen molar-refractivity contribution in [3.05, 3.63) is 84.1 Å². The van der Waals surface area contributed by atoms with Gasteiger partial charge in [0.2, 0.25) is 5.91 Å². The molecule has 0 saturated carbocycles. The molecule has 0 aliphatic carbocycles. The molecule has 9 heteroatoms. The number of imidazole rings is 1. The van der Waals surface area contributed by atoms with Crippen LogP contribution in [0.2, 0.25) is 18.1 Å². The summed E-state index contributed by atoms with van der Waals surface area (Å²) in [4.78, 5) is 28.6. The molecule has 8 nitrogen and oxygen atoms in total. The van der Waals surface area contributed by atoms with Crippen LogP contribution >= 0.6 is 0 Å². The number of primary amides is 1. The van der Waals surface area contributed by atoms with Crippen LogP contribution in [0.15, 0.2) is 67.3 Å². The van der Waals surface area contributed by atoms with Gasteiger partial charge in [-0.15, -0.1) is 0 Å². The van der Waals surface area contributed by atoms with Crippen molar-refractivity contribution in [1.82, 2.24) is 14.1 Å². The van der Waals surface area contributed by atoms with Crippen molar-refractivity contribution in [2.75, 3.05) is 11.9 Å². The monoisotopic (exact) mass is 573 g/mol. The molecule has 0 radical (unpaired) electrons. The molecule has 2 heterocycles. The van der Waals surface area contributed by atoms with Crippen LogP contribution in [-0.2, 0) is 22.2 Å². The number of aryl methyl sites for hydroxylation is 3. The Morgan fingerprint density at radius 3 is 2.49 bits per heavy atom. The molecule has 218 valence electrons. The fourth-order valence-electron chi connectivity index (χ4n) is 4.48. The fourth-order valence-corrected chi connectivity index (χ4v) is 5.53. The van der Waals surface area contributed by atoms with Gasteiger partial charge in [-0.3, -0.25) is 9.59 Å². The minimum absolute atomic E-state index is 0.00348. The lowest BCUT2D eigenvalue weighted by atomic mass is 10.1. The lowest BCUT2D eigenvalue weighted by molar-refractivity contribution is -0.116. The maximum absolute atomic E-state index is 12.7. The molecule has 4 rings (SSSR count). The standard InChI is InChI=1S/C32H43N5O3Si/c1-23-7-9-24(10-8-23)11-14-30(38)35-26-13-12-25-15-17-36(29(25)19-26)18-16-27(21-40-41(5,6)32(2,3)4)37-20-28(31(33)39)34-22-37/h7-10,12-13,15,17,19-20,22,27H,11,14,16,18,21H2,1-6H3,(H2,33,39)(H,35,38). The Hall–Kier alpha value is -3.69. The summed E-state index contributed by atoms with van der Waals surface area (Å²) < 4.78 is 10.7. The predicted molar refractivity (Wildman–Crippen MR) is 168 cm³/mol. The minimum atomic E-state index is -1.98. The molecule has 2 amide bonds. The molecule has 3 N–H and O–H groups in total. The number of benzene rings is 2. The van der Waals surface area contributed by atoms with E-state index in [-0.39, 0.29) is 22.7 Å². The Labute approximate surface area is 244 Å². The van der Waals surface area contributed by atoms with Crippen LogP contribution in [0.25, 0.3) is 10.9 Å². The van der Waals surface area contributed by atoms with Gasteiger partial charge < -0.3 is 24.6 Å². The van der Waals surface area contributed by atoms with Crippen LogP contribution in [0.4, 0.5) is 5.69 Å². The Bertz CT molecular complexity index is 1500. The number of anilines is 1. The van der Waals surface area contributed by atoms with Crippen LogP contribution in [0.5, 0.6) is 0 Å². The maximum Gasteiger partial charge on any atom is 0.268 e. The molecule has 0 aliphatic heterocycles. The summed E-state index contributed by atoms with van der Waals surface area (Å²) in [5.74, 6) is -0.547. The Kier molecular flexibility index (Phi) is 9.19. The highest BCUT2D eigenvalue weighted by Gasteiger charge is 2.37. The lowest BCUT2D eigenvalue weighted by Crippen LogP contribution is -2.42. The topological polar surface area (TPSA) is 104 Å². The van der Waals surface area contributed by atoms with Crippen LogP contribution in [-0.4, -0.2) is 40.9 Å². The van der Waals surface area contributed by atoms with Gasteiger partial charge >= 0.3 is 0 Å². The number of hydrogen-bond donors (Lipinski definition) is 2. The summed E-state index contributed by atoms with van der Waals surface area (Å²) in [5.41, 5.74) is 9.92. The molecule has 2 aromatic carbocycles. The van der Waals surface area contributed by atoms with E-state index < -0.39 is 14.2 Å². The van der Waals surface area contributed by atoms with Crippen LogP contribution < -0.4 is 11.1 Å². The summed E-state index contributed by atoms with van der Waals surface area (Å²) in [5, 5.41) is 4.26. The molecular weight excluding hydrogens is 530 g/mol. The molecule has 2 aromatic heterocycles. The van der Waals surface area contributed by atoms with Crippen LogP contribution in [0.3, 0.4) is 0 Å². The molecule has 1 atom stereocenters. The summed E-state index contributed by atoms with van der Waals surface area (Å²) in [6.45, 7) is 14.5. The molecule has 0 fully saturated rings. The highest BCUT2D eigenvalue weighted by molar-refractivity contribution is 6.74. The van der Waals surface area contributed by atoms with Crippen molar-refractivity contribution in [2.45, 2.75) is 77.7 Å². The summed E-state index contributed by atoms with van der Waals surface area (Å²) in [7, 11) is -1.98. The van der Waals surface area contributed by atoms with Gasteiger partial charge in [-0.25, -0.2) is 4.98 Å². The highest BCUT2D eigenvalue weighted by atomic mass is 28.4. The molecule has 0 aliphatic rings. The van der Waals surface area contributed by atoms with Gasteiger partial charge in [-0.1, -0.05) is 56.7 Å². The second-order valence-corrected chi connectivity index (χ2v) is 17.2. The second kappa shape index (κ2) is 12.4. The first-order valence-corrected chi connectivity index (χ1v) is 17.1. The second-order valence-electron chi connectivity index (χ2n) is 12.4. The Morgan fingerprint density at radius 1 is 1.10 bits per heavy atom. The first-order valence-electron chi connectivity index (χ1n) is 14.2. The van der Waals surface area contributed by atoms with E-state index in [4.69, 9.17) is 10.2 Å². The first-order chi connectivity index (χ1) is 19.3. The number of aromatic nitrogens is 3. The van der Waals surface area contributed by atoms with Gasteiger partial charge in [0.25, 0.3) is 5.91 Å². The van der Waals surface area contributed by atoms with Crippen molar-refractivity contribution >= 4 is 36.7 Å². The number of fused-ring (bicyclic) bond motifs is 1. The Balaban J connectivity index is 1.45. The van der Waals surface area contributed by atoms with Gasteiger partial charge in [0.05, 0.1) is 24.5 Å². The third-order valence-electron chi connectivity index (χ3n) is 8.24. The number of rotatable bonds is 12. The SMILES string of the molecule is Cc1ccc(CCC(=O)Nc2ccc3ccn(CCC(CO[Si](C)(C)C(C)(C)C)n4cnc(C(N)=O)c4)c3c2)cc1. The first kappa shape index (κ1) is 30.3. The van der Waals surface area contributed by atoms with Crippen molar-refractivity contribution in [3.8, 4) is 0 Å². The number of amides is 2. The van der Waals surface area contributed by atoms with E-state index in [1.165, 1.54) is 5.56 Å². The van der Waals surface area contributed by atoms with Gasteiger partial charge in [0, 0.05) is 31.0 Å². The molecule has 0 bridgehead atoms. The zero-order valence-electron chi connectivity index (χ0n) is 25.1. The molecule has 41 heavy (non-hydrogen) atoms. The number of carbonyl (C=O) groups is 2. The van der Waals surface area contributed by atoms with E-state index in [1.807, 2.05) is 22.8 Å². The van der Waals surface area contributed by atoms with E-state index in [0.29, 0.717) is 19.4 Å². The highest BCUT2D eigenvalue weighted by Crippen LogP contribution is 2.37. The summed E-state index contributed by atoms with van der Waals surface area (Å²) in [6, 6.07) is 16.4. The van der Waals surface area contributed by atoms with E-state index in [9.17, 15) is 9.59 Å². The molecule has 0 saturated heterocycles. The largest absolute Gasteiger partial charge is 0.415 e. The van der Waals surface area contributed by atoms with Crippen molar-refractivity contribution in [2.24, 2.45) is 5.73 Å². The third kappa shape index (κ3) is 7.74. The van der Waals surface area contributed by atoms with E-state index in [2.05, 4.69) is 92.2 Å². The molecular formula is C32H43N5O3Si. The van der Waals surface area contributed by atoms with Crippen molar-refractivity contribution in [1.29, 1.82) is 0 Å². The number of carbonyl (C=O) groups excluding carboxylic acids is 2. The lowest BCUT2D eigenvalue weighted by Gasteiger charge is -2.37. The average Bonchev–Trinajstić information content (AvgIpc) is 3.55. The quantitative estimate of drug-likeness (QED) is 0.190. The fraction of sp³-hybridized carbons (Fsp3) is 0.406. The van der Waals surface area contributed by atoms with E-state index in [0.717, 1.165) is 35.1 Å². The number of hydrogen-bond acceptors (Lipinski definition) is 4. The van der Waals surface area contributed by atoms with Gasteiger partial charge in [0.1, 0.15) is 5.69 Å². The number of nitrogens with two attached hydrogens (primary N) is 1. The van der Waals surface area contributed by atoms with Crippen molar-refractivity contribution < 1.29 is 14.0 Å². The van der Waals surface area contributed by atoms with E-state index >= 15 is 0 Å².